The average Bonchev–Trinajstić information content (AvgIpc) is 2.20. The van der Waals surface area contributed by atoms with E-state index in [1.165, 1.54) is 0 Å². The van der Waals surface area contributed by atoms with E-state index in [1.807, 2.05) is 12.1 Å². The third-order valence-corrected chi connectivity index (χ3v) is 4.12. The molecule has 76 valence electrons. The van der Waals surface area contributed by atoms with Gasteiger partial charge in [-0.2, -0.15) is 11.8 Å². The molecule has 1 aromatic rings. The smallest absolute Gasteiger partial charge is 0.125 e. The number of rotatable bonds is 1. The van der Waals surface area contributed by atoms with Gasteiger partial charge in [0, 0.05) is 21.5 Å². The molecule has 1 atom stereocenters. The molecule has 0 unspecified atom stereocenters. The van der Waals surface area contributed by atoms with Crippen LogP contribution in [0.4, 0.5) is 0 Å². The van der Waals surface area contributed by atoms with E-state index >= 15 is 0 Å². The fraction of sp³-hybridized carbons (Fsp3) is 0.400. The quantitative estimate of drug-likeness (QED) is 0.854. The van der Waals surface area contributed by atoms with Gasteiger partial charge in [0.1, 0.15) is 5.75 Å². The monoisotopic (exact) mass is 274 g/mol. The van der Waals surface area contributed by atoms with Gasteiger partial charge in [0.2, 0.25) is 0 Å². The van der Waals surface area contributed by atoms with E-state index in [2.05, 4.69) is 15.9 Å². The van der Waals surface area contributed by atoms with E-state index in [9.17, 15) is 5.11 Å². The van der Waals surface area contributed by atoms with Crippen molar-refractivity contribution in [2.75, 3.05) is 12.9 Å². The van der Waals surface area contributed by atoms with Crippen molar-refractivity contribution < 1.29 is 9.84 Å². The largest absolute Gasteiger partial charge is 0.496 e. The molecular weight excluding hydrogens is 264 g/mol. The minimum Gasteiger partial charge on any atom is -0.496 e. The van der Waals surface area contributed by atoms with E-state index in [-0.39, 0.29) is 0 Å². The molecule has 0 fully saturated rings. The number of ether oxygens (including phenoxy) is 1. The lowest BCUT2D eigenvalue weighted by atomic mass is 10.0. The molecule has 1 aromatic carbocycles. The molecular formula is C10H11BrO2S. The molecule has 0 radical (unpaired) electrons. The van der Waals surface area contributed by atoms with Gasteiger partial charge in [-0.15, -0.1) is 0 Å². The predicted octanol–water partition coefficient (Wildman–Crippen LogP) is 2.74. The van der Waals surface area contributed by atoms with Gasteiger partial charge in [-0.25, -0.2) is 0 Å². The lowest BCUT2D eigenvalue weighted by Crippen LogP contribution is -2.12. The first-order chi connectivity index (χ1) is 6.74. The highest BCUT2D eigenvalue weighted by Gasteiger charge is 2.24. The number of aliphatic hydroxyl groups excluding tert-OH is 1. The highest BCUT2D eigenvalue weighted by atomic mass is 79.9. The Bertz CT molecular complexity index is 354. The van der Waals surface area contributed by atoms with Crippen LogP contribution in [0.15, 0.2) is 16.6 Å². The van der Waals surface area contributed by atoms with Crippen molar-refractivity contribution in [3.05, 3.63) is 27.7 Å². The Kier molecular flexibility index (Phi) is 3.04. The predicted molar refractivity (Wildman–Crippen MR) is 61.8 cm³/mol. The van der Waals surface area contributed by atoms with Crippen LogP contribution in [0.3, 0.4) is 0 Å². The fourth-order valence-corrected chi connectivity index (χ4v) is 3.36. The normalized spacial score (nSPS) is 20.4. The summed E-state index contributed by atoms with van der Waals surface area (Å²) in [6.45, 7) is 0. The van der Waals surface area contributed by atoms with E-state index in [1.54, 1.807) is 18.9 Å². The Hall–Kier alpha value is -0.190. The van der Waals surface area contributed by atoms with Crippen LogP contribution in [-0.2, 0) is 5.75 Å². The van der Waals surface area contributed by atoms with Crippen LogP contribution >= 0.6 is 27.7 Å². The fourth-order valence-electron chi connectivity index (χ4n) is 1.66. The third kappa shape index (κ3) is 1.66. The summed E-state index contributed by atoms with van der Waals surface area (Å²) < 4.78 is 6.30. The minimum absolute atomic E-state index is 0.406. The molecule has 0 amide bonds. The summed E-state index contributed by atoms with van der Waals surface area (Å²) in [5.41, 5.74) is 2.11. The molecule has 0 saturated carbocycles. The first kappa shape index (κ1) is 10.3. The number of benzene rings is 1. The molecule has 0 aliphatic carbocycles. The molecule has 2 rings (SSSR count). The summed E-state index contributed by atoms with van der Waals surface area (Å²) in [7, 11) is 1.64. The molecule has 0 bridgehead atoms. The maximum absolute atomic E-state index is 9.88. The van der Waals surface area contributed by atoms with Gasteiger partial charge in [0.15, 0.2) is 0 Å². The number of halogens is 1. The molecule has 4 heteroatoms. The van der Waals surface area contributed by atoms with Crippen molar-refractivity contribution >= 4 is 27.7 Å². The van der Waals surface area contributed by atoms with E-state index in [0.717, 1.165) is 32.9 Å². The molecule has 0 spiro atoms. The minimum atomic E-state index is -0.406. The lowest BCUT2D eigenvalue weighted by Gasteiger charge is -2.24. The summed E-state index contributed by atoms with van der Waals surface area (Å²) in [4.78, 5) is 0. The van der Waals surface area contributed by atoms with E-state index < -0.39 is 6.10 Å². The zero-order valence-corrected chi connectivity index (χ0v) is 10.2. The van der Waals surface area contributed by atoms with Gasteiger partial charge in [0.25, 0.3) is 0 Å². The number of hydrogen-bond acceptors (Lipinski definition) is 3. The second-order valence-electron chi connectivity index (χ2n) is 3.17. The molecule has 1 aliphatic heterocycles. The Morgan fingerprint density at radius 1 is 1.57 bits per heavy atom. The maximum Gasteiger partial charge on any atom is 0.125 e. The van der Waals surface area contributed by atoms with Crippen LogP contribution in [0.25, 0.3) is 0 Å². The van der Waals surface area contributed by atoms with Gasteiger partial charge < -0.3 is 9.84 Å². The zero-order valence-electron chi connectivity index (χ0n) is 7.79. The molecule has 0 aromatic heterocycles. The van der Waals surface area contributed by atoms with Crippen LogP contribution in [0.2, 0.25) is 0 Å². The summed E-state index contributed by atoms with van der Waals surface area (Å²) in [5.74, 6) is 2.47. The Balaban J connectivity index is 2.58. The second kappa shape index (κ2) is 4.13. The van der Waals surface area contributed by atoms with Crippen molar-refractivity contribution in [3.8, 4) is 5.75 Å². The highest BCUT2D eigenvalue weighted by molar-refractivity contribution is 9.10. The topological polar surface area (TPSA) is 29.5 Å². The Morgan fingerprint density at radius 3 is 3.07 bits per heavy atom. The van der Waals surface area contributed by atoms with Crippen molar-refractivity contribution in [2.45, 2.75) is 11.9 Å². The third-order valence-electron chi connectivity index (χ3n) is 2.34. The average molecular weight is 275 g/mol. The van der Waals surface area contributed by atoms with Gasteiger partial charge >= 0.3 is 0 Å². The van der Waals surface area contributed by atoms with Crippen LogP contribution in [0, 0.1) is 0 Å². The SMILES string of the molecule is COc1ccc(Br)c2c1[C@H](O)CSC2. The first-order valence-electron chi connectivity index (χ1n) is 4.35. The first-order valence-corrected chi connectivity index (χ1v) is 6.30. The lowest BCUT2D eigenvalue weighted by molar-refractivity contribution is 0.196. The van der Waals surface area contributed by atoms with E-state index in [0.29, 0.717) is 0 Å². The van der Waals surface area contributed by atoms with E-state index in [4.69, 9.17) is 4.74 Å². The van der Waals surface area contributed by atoms with Crippen LogP contribution in [-0.4, -0.2) is 18.0 Å². The standard InChI is InChI=1S/C10H11BrO2S/c1-13-9-3-2-7(11)6-4-14-5-8(12)10(6)9/h2-3,8,12H,4-5H2,1H3/t8-/m1/s1. The highest BCUT2D eigenvalue weighted by Crippen LogP contribution is 2.40. The summed E-state index contributed by atoms with van der Waals surface area (Å²) in [6.07, 6.45) is -0.406. The summed E-state index contributed by atoms with van der Waals surface area (Å²) in [5, 5.41) is 9.88. The van der Waals surface area contributed by atoms with Crippen molar-refractivity contribution in [1.29, 1.82) is 0 Å². The second-order valence-corrected chi connectivity index (χ2v) is 5.06. The number of hydrogen-bond donors (Lipinski definition) is 1. The number of aliphatic hydroxyl groups is 1. The van der Waals surface area contributed by atoms with Gasteiger partial charge in [-0.3, -0.25) is 0 Å². The molecule has 2 nitrogen and oxygen atoms in total. The Morgan fingerprint density at radius 2 is 2.36 bits per heavy atom. The van der Waals surface area contributed by atoms with Crippen LogP contribution in [0.5, 0.6) is 5.75 Å². The molecule has 1 N–H and O–H groups in total. The Labute approximate surface area is 95.8 Å². The molecule has 1 aliphatic rings. The number of thioether (sulfide) groups is 1. The van der Waals surface area contributed by atoms with Crippen LogP contribution in [0.1, 0.15) is 17.2 Å². The van der Waals surface area contributed by atoms with Crippen molar-refractivity contribution in [1.82, 2.24) is 0 Å². The number of methoxy groups -OCH3 is 1. The van der Waals surface area contributed by atoms with Gasteiger partial charge in [0.05, 0.1) is 13.2 Å². The van der Waals surface area contributed by atoms with Crippen LogP contribution < -0.4 is 4.74 Å². The molecule has 0 saturated heterocycles. The molecule has 1 heterocycles. The molecule has 14 heavy (non-hydrogen) atoms. The van der Waals surface area contributed by atoms with Gasteiger partial charge in [-0.05, 0) is 17.7 Å². The summed E-state index contributed by atoms with van der Waals surface area (Å²) in [6, 6.07) is 3.86. The van der Waals surface area contributed by atoms with Gasteiger partial charge in [-0.1, -0.05) is 15.9 Å². The zero-order chi connectivity index (χ0) is 10.1. The van der Waals surface area contributed by atoms with Crippen molar-refractivity contribution in [2.24, 2.45) is 0 Å². The van der Waals surface area contributed by atoms with Crippen molar-refractivity contribution in [3.63, 3.8) is 0 Å². The summed E-state index contributed by atoms with van der Waals surface area (Å²) >= 11 is 5.24. The number of fused-ring (bicyclic) bond motifs is 1. The maximum atomic E-state index is 9.88.